The van der Waals surface area contributed by atoms with Crippen LogP contribution in [0.3, 0.4) is 0 Å². The highest BCUT2D eigenvalue weighted by Crippen LogP contribution is 2.43. The smallest absolute Gasteiger partial charge is 0.300 e. The van der Waals surface area contributed by atoms with Gasteiger partial charge in [-0.3, -0.25) is 14.5 Å². The van der Waals surface area contributed by atoms with Crippen molar-refractivity contribution in [2.75, 3.05) is 23.9 Å². The third-order valence-corrected chi connectivity index (χ3v) is 6.37. The lowest BCUT2D eigenvalue weighted by Crippen LogP contribution is -2.29. The maximum Gasteiger partial charge on any atom is 0.300 e. The Morgan fingerprint density at radius 3 is 2.38 bits per heavy atom. The molecule has 5 rings (SSSR count). The summed E-state index contributed by atoms with van der Waals surface area (Å²) in [5.74, 6) is -0.758. The van der Waals surface area contributed by atoms with Crippen LogP contribution in [0.25, 0.3) is 5.76 Å². The molecule has 1 saturated heterocycles. The summed E-state index contributed by atoms with van der Waals surface area (Å²) in [5.41, 5.74) is 3.89. The van der Waals surface area contributed by atoms with Crippen LogP contribution in [0.2, 0.25) is 0 Å². The number of aliphatic hydroxyl groups excluding tert-OH is 1. The van der Waals surface area contributed by atoms with E-state index in [-0.39, 0.29) is 17.4 Å². The number of amides is 1. The van der Waals surface area contributed by atoms with Crippen molar-refractivity contribution in [3.05, 3.63) is 95.1 Å². The van der Waals surface area contributed by atoms with E-state index in [1.54, 1.807) is 18.2 Å². The summed E-state index contributed by atoms with van der Waals surface area (Å²) in [5, 5.41) is 11.4. The lowest BCUT2D eigenvalue weighted by molar-refractivity contribution is -0.132. The Morgan fingerprint density at radius 2 is 1.71 bits per heavy atom. The number of Topliss-reactive ketones (excluding diaryl/α,β-unsaturated/α-hetero) is 1. The summed E-state index contributed by atoms with van der Waals surface area (Å²) in [6.45, 7) is 1.99. The fraction of sp³-hybridized carbons (Fsp3) is 0.214. The minimum atomic E-state index is -0.748. The first-order chi connectivity index (χ1) is 16.3. The van der Waals surface area contributed by atoms with E-state index in [9.17, 15) is 14.7 Å². The minimum Gasteiger partial charge on any atom is -0.507 e. The van der Waals surface area contributed by atoms with Crippen molar-refractivity contribution in [3.63, 3.8) is 0 Å². The summed E-state index contributed by atoms with van der Waals surface area (Å²) in [6.07, 6.45) is 0.788. The van der Waals surface area contributed by atoms with Gasteiger partial charge in [0.15, 0.2) is 0 Å². The molecule has 172 valence electrons. The fourth-order valence-corrected chi connectivity index (χ4v) is 4.68. The molecule has 6 heteroatoms. The van der Waals surface area contributed by atoms with Crippen LogP contribution in [-0.2, 0) is 16.0 Å². The number of hydrogen-bond acceptors (Lipinski definition) is 5. The number of ether oxygens (including phenoxy) is 1. The number of anilines is 2. The summed E-state index contributed by atoms with van der Waals surface area (Å²) in [6, 6.07) is 21.4. The highest BCUT2D eigenvalue weighted by molar-refractivity contribution is 6.51. The molecule has 34 heavy (non-hydrogen) atoms. The number of carbonyl (C=O) groups is 2. The molecule has 3 aromatic rings. The molecule has 1 amide bonds. The van der Waals surface area contributed by atoms with Gasteiger partial charge in [0.2, 0.25) is 0 Å². The standard InChI is InChI=1S/C28H26N2O4/c1-17-15-20-16-19(11-14-23(20)34-17)26(31)24-25(18-9-12-21(13-10-18)29(2)3)30(28(33)27(24)32)22-7-5-4-6-8-22/h4-14,16-17,25,31H,15H2,1-3H3/b26-24-. The van der Waals surface area contributed by atoms with Crippen molar-refractivity contribution in [2.24, 2.45) is 0 Å². The van der Waals surface area contributed by atoms with E-state index in [4.69, 9.17) is 4.74 Å². The quantitative estimate of drug-likeness (QED) is 0.352. The van der Waals surface area contributed by atoms with Gasteiger partial charge in [-0.15, -0.1) is 0 Å². The van der Waals surface area contributed by atoms with E-state index >= 15 is 0 Å². The van der Waals surface area contributed by atoms with Crippen molar-refractivity contribution in [1.82, 2.24) is 0 Å². The molecule has 2 aliphatic rings. The van der Waals surface area contributed by atoms with Gasteiger partial charge in [0.1, 0.15) is 17.6 Å². The molecule has 2 heterocycles. The number of carbonyl (C=O) groups excluding carboxylic acids is 2. The lowest BCUT2D eigenvalue weighted by Gasteiger charge is -2.26. The van der Waals surface area contributed by atoms with E-state index in [1.165, 1.54) is 4.90 Å². The van der Waals surface area contributed by atoms with E-state index in [1.807, 2.05) is 80.5 Å². The third-order valence-electron chi connectivity index (χ3n) is 6.37. The number of para-hydroxylation sites is 1. The van der Waals surface area contributed by atoms with Crippen LogP contribution in [-0.4, -0.2) is 37.0 Å². The van der Waals surface area contributed by atoms with Crippen LogP contribution in [0.1, 0.15) is 29.7 Å². The van der Waals surface area contributed by atoms with Gasteiger partial charge in [-0.25, -0.2) is 0 Å². The Kier molecular flexibility index (Phi) is 5.36. The predicted octanol–water partition coefficient (Wildman–Crippen LogP) is 4.70. The van der Waals surface area contributed by atoms with Crippen molar-refractivity contribution in [2.45, 2.75) is 25.5 Å². The molecule has 6 nitrogen and oxygen atoms in total. The highest BCUT2D eigenvalue weighted by Gasteiger charge is 2.47. The Balaban J connectivity index is 1.67. The monoisotopic (exact) mass is 454 g/mol. The predicted molar refractivity (Wildman–Crippen MR) is 132 cm³/mol. The zero-order valence-electron chi connectivity index (χ0n) is 19.4. The lowest BCUT2D eigenvalue weighted by atomic mass is 9.94. The number of nitrogens with zero attached hydrogens (tertiary/aromatic N) is 2. The van der Waals surface area contributed by atoms with Crippen LogP contribution in [0.4, 0.5) is 11.4 Å². The number of ketones is 1. The van der Waals surface area contributed by atoms with E-state index < -0.39 is 17.7 Å². The average molecular weight is 455 g/mol. The Labute approximate surface area is 198 Å². The van der Waals surface area contributed by atoms with E-state index in [2.05, 4.69) is 0 Å². The number of hydrogen-bond donors (Lipinski definition) is 1. The second-order valence-electron chi connectivity index (χ2n) is 8.95. The second-order valence-corrected chi connectivity index (χ2v) is 8.95. The van der Waals surface area contributed by atoms with Gasteiger partial charge in [0, 0.05) is 37.5 Å². The van der Waals surface area contributed by atoms with Crippen molar-refractivity contribution in [3.8, 4) is 5.75 Å². The maximum atomic E-state index is 13.3. The topological polar surface area (TPSA) is 70.1 Å². The molecule has 3 aromatic carbocycles. The molecular formula is C28H26N2O4. The summed E-state index contributed by atoms with van der Waals surface area (Å²) in [4.78, 5) is 30.0. The van der Waals surface area contributed by atoms with Crippen molar-refractivity contribution < 1.29 is 19.4 Å². The molecule has 0 aromatic heterocycles. The molecule has 0 spiro atoms. The van der Waals surface area contributed by atoms with Gasteiger partial charge in [-0.05, 0) is 60.5 Å². The Hall–Kier alpha value is -4.06. The molecule has 2 aliphatic heterocycles. The van der Waals surface area contributed by atoms with Gasteiger partial charge in [0.25, 0.3) is 11.7 Å². The van der Waals surface area contributed by atoms with Gasteiger partial charge in [0.05, 0.1) is 11.6 Å². The molecule has 0 saturated carbocycles. The van der Waals surface area contributed by atoms with Crippen LogP contribution in [0.5, 0.6) is 5.75 Å². The maximum absolute atomic E-state index is 13.3. The molecule has 1 N–H and O–H groups in total. The summed E-state index contributed by atoms with van der Waals surface area (Å²) in [7, 11) is 3.90. The SMILES string of the molecule is CC1Cc2cc(/C(O)=C3/C(=O)C(=O)N(c4ccccc4)C3c3ccc(N(C)C)cc3)ccc2O1. The molecule has 1 fully saturated rings. The fourth-order valence-electron chi connectivity index (χ4n) is 4.68. The summed E-state index contributed by atoms with van der Waals surface area (Å²) < 4.78 is 5.77. The Bertz CT molecular complexity index is 1300. The number of fused-ring (bicyclic) bond motifs is 1. The Morgan fingerprint density at radius 1 is 1.00 bits per heavy atom. The molecule has 2 atom stereocenters. The highest BCUT2D eigenvalue weighted by atomic mass is 16.5. The number of aliphatic hydroxyl groups is 1. The van der Waals surface area contributed by atoms with Crippen molar-refractivity contribution >= 4 is 28.8 Å². The first-order valence-corrected chi connectivity index (χ1v) is 11.3. The van der Waals surface area contributed by atoms with E-state index in [0.29, 0.717) is 11.3 Å². The molecule has 0 aliphatic carbocycles. The van der Waals surface area contributed by atoms with Crippen molar-refractivity contribution in [1.29, 1.82) is 0 Å². The van der Waals surface area contributed by atoms with E-state index in [0.717, 1.165) is 29.0 Å². The number of benzene rings is 3. The number of rotatable bonds is 4. The van der Waals surface area contributed by atoms with Crippen LogP contribution in [0.15, 0.2) is 78.4 Å². The third kappa shape index (κ3) is 3.61. The zero-order valence-corrected chi connectivity index (χ0v) is 19.4. The van der Waals surface area contributed by atoms with Gasteiger partial charge in [-0.2, -0.15) is 0 Å². The van der Waals surface area contributed by atoms with Gasteiger partial charge in [-0.1, -0.05) is 30.3 Å². The largest absolute Gasteiger partial charge is 0.507 e. The molecule has 0 bridgehead atoms. The zero-order chi connectivity index (χ0) is 24.0. The van der Waals surface area contributed by atoms with Gasteiger partial charge >= 0.3 is 0 Å². The second kappa shape index (κ2) is 8.37. The first kappa shape index (κ1) is 21.8. The molecular weight excluding hydrogens is 428 g/mol. The first-order valence-electron chi connectivity index (χ1n) is 11.3. The minimum absolute atomic E-state index is 0.0614. The van der Waals surface area contributed by atoms with Crippen LogP contribution in [0, 0.1) is 0 Å². The molecule has 0 radical (unpaired) electrons. The summed E-state index contributed by atoms with van der Waals surface area (Å²) >= 11 is 0. The molecule has 2 unspecified atom stereocenters. The van der Waals surface area contributed by atoms with Crippen LogP contribution >= 0.6 is 0 Å². The average Bonchev–Trinajstić information content (AvgIpc) is 3.34. The van der Waals surface area contributed by atoms with Gasteiger partial charge < -0.3 is 14.7 Å². The normalized spacial score (nSPS) is 20.9. The van der Waals surface area contributed by atoms with Crippen LogP contribution < -0.4 is 14.5 Å².